The number of aromatic nitrogens is 1. The summed E-state index contributed by atoms with van der Waals surface area (Å²) in [5.74, 6) is 0.770. The van der Waals surface area contributed by atoms with E-state index in [0.717, 1.165) is 26.8 Å². The van der Waals surface area contributed by atoms with Crippen LogP contribution in [0.5, 0.6) is 0 Å². The summed E-state index contributed by atoms with van der Waals surface area (Å²) in [6, 6.07) is 10.1. The molecule has 1 aromatic carbocycles. The van der Waals surface area contributed by atoms with E-state index in [0.29, 0.717) is 5.57 Å². The minimum atomic E-state index is 0.548. The Morgan fingerprint density at radius 1 is 1.37 bits per heavy atom. The van der Waals surface area contributed by atoms with Gasteiger partial charge in [0.15, 0.2) is 0 Å². The van der Waals surface area contributed by atoms with Gasteiger partial charge in [-0.1, -0.05) is 12.1 Å². The number of nitrogens with zero attached hydrogens (tertiary/aromatic N) is 3. The van der Waals surface area contributed by atoms with Gasteiger partial charge >= 0.3 is 0 Å². The van der Waals surface area contributed by atoms with Gasteiger partial charge < -0.3 is 5.32 Å². The number of allylic oxidation sites excluding steroid dienone is 2. The number of amidine groups is 1. The molecule has 3 rings (SSSR count). The summed E-state index contributed by atoms with van der Waals surface area (Å²) in [4.78, 5) is 8.61. The second kappa shape index (κ2) is 4.67. The molecule has 1 aliphatic heterocycles. The van der Waals surface area contributed by atoms with Crippen LogP contribution >= 0.6 is 11.3 Å². The van der Waals surface area contributed by atoms with Crippen molar-refractivity contribution in [2.45, 2.75) is 6.92 Å². The third-order valence-corrected chi connectivity index (χ3v) is 3.77. The van der Waals surface area contributed by atoms with Crippen molar-refractivity contribution in [3.05, 3.63) is 47.2 Å². The molecule has 0 unspecified atom stereocenters. The van der Waals surface area contributed by atoms with Crippen molar-refractivity contribution in [2.24, 2.45) is 4.99 Å². The Morgan fingerprint density at radius 2 is 2.21 bits per heavy atom. The van der Waals surface area contributed by atoms with Gasteiger partial charge in [0.25, 0.3) is 0 Å². The highest BCUT2D eigenvalue weighted by atomic mass is 32.1. The average Bonchev–Trinajstić information content (AvgIpc) is 2.83. The van der Waals surface area contributed by atoms with Gasteiger partial charge in [-0.05, 0) is 25.1 Å². The standard InChI is InChI=1S/C14H10N4S/c1-9-16-7-6-11(17-9)10(8-15)14-18-12-4-2-3-5-13(12)19-14/h2-7H,1H3,(H,16,17)/b11-10+. The van der Waals surface area contributed by atoms with Crippen molar-refractivity contribution < 1.29 is 0 Å². The fourth-order valence-electron chi connectivity index (χ4n) is 1.84. The first-order chi connectivity index (χ1) is 9.28. The number of benzene rings is 1. The molecule has 2 aromatic rings. The molecule has 5 heteroatoms. The maximum atomic E-state index is 9.39. The number of hydrogen-bond donors (Lipinski definition) is 1. The fourth-order valence-corrected chi connectivity index (χ4v) is 2.82. The molecule has 4 nitrogen and oxygen atoms in total. The Kier molecular flexibility index (Phi) is 2.86. The van der Waals surface area contributed by atoms with E-state index < -0.39 is 0 Å². The van der Waals surface area contributed by atoms with Crippen LogP contribution in [0.2, 0.25) is 0 Å². The molecule has 0 saturated carbocycles. The molecule has 19 heavy (non-hydrogen) atoms. The van der Waals surface area contributed by atoms with Gasteiger partial charge in [-0.15, -0.1) is 11.3 Å². The Balaban J connectivity index is 2.13. The zero-order valence-electron chi connectivity index (χ0n) is 10.2. The number of nitrogens with one attached hydrogen (secondary N) is 1. The lowest BCUT2D eigenvalue weighted by Gasteiger charge is -2.10. The largest absolute Gasteiger partial charge is 0.343 e. The Hall–Kier alpha value is -2.45. The first-order valence-corrected chi connectivity index (χ1v) is 6.58. The van der Waals surface area contributed by atoms with Crippen LogP contribution in [0.4, 0.5) is 0 Å². The monoisotopic (exact) mass is 266 g/mol. The summed E-state index contributed by atoms with van der Waals surface area (Å²) in [7, 11) is 0. The van der Waals surface area contributed by atoms with E-state index in [1.165, 1.54) is 11.3 Å². The molecule has 1 N–H and O–H groups in total. The number of rotatable bonds is 1. The van der Waals surface area contributed by atoms with Crippen molar-refractivity contribution in [3.63, 3.8) is 0 Å². The van der Waals surface area contributed by atoms with E-state index in [-0.39, 0.29) is 0 Å². The highest BCUT2D eigenvalue weighted by Crippen LogP contribution is 2.28. The van der Waals surface area contributed by atoms with Crippen LogP contribution in [0.1, 0.15) is 11.9 Å². The molecule has 0 aliphatic carbocycles. The van der Waals surface area contributed by atoms with Gasteiger partial charge in [0.1, 0.15) is 22.5 Å². The first-order valence-electron chi connectivity index (χ1n) is 5.76. The SMILES string of the molecule is CC1=NC=C/C(=C(/C#N)c2nc3ccccc3s2)N1. The molecule has 0 atom stereocenters. The number of nitriles is 1. The highest BCUT2D eigenvalue weighted by Gasteiger charge is 2.14. The van der Waals surface area contributed by atoms with E-state index in [9.17, 15) is 5.26 Å². The van der Waals surface area contributed by atoms with Gasteiger partial charge in [-0.2, -0.15) is 5.26 Å². The number of hydrogen-bond acceptors (Lipinski definition) is 5. The van der Waals surface area contributed by atoms with Crippen molar-refractivity contribution in [2.75, 3.05) is 0 Å². The lowest BCUT2D eigenvalue weighted by atomic mass is 10.2. The molecular weight excluding hydrogens is 256 g/mol. The van der Waals surface area contributed by atoms with Crippen LogP contribution in [-0.2, 0) is 0 Å². The van der Waals surface area contributed by atoms with E-state index in [4.69, 9.17) is 0 Å². The third-order valence-electron chi connectivity index (χ3n) is 2.71. The quantitative estimate of drug-likeness (QED) is 0.807. The van der Waals surface area contributed by atoms with Gasteiger partial charge in [-0.25, -0.2) is 9.98 Å². The van der Waals surface area contributed by atoms with E-state index in [1.54, 1.807) is 12.3 Å². The summed E-state index contributed by atoms with van der Waals surface area (Å²) in [6.07, 6.45) is 3.48. The molecule has 2 heterocycles. The molecule has 92 valence electrons. The van der Waals surface area contributed by atoms with Gasteiger partial charge in [0.2, 0.25) is 0 Å². The van der Waals surface area contributed by atoms with Crippen molar-refractivity contribution in [1.29, 1.82) is 5.26 Å². The Morgan fingerprint density at radius 3 is 2.95 bits per heavy atom. The van der Waals surface area contributed by atoms with E-state index >= 15 is 0 Å². The smallest absolute Gasteiger partial charge is 0.137 e. The van der Waals surface area contributed by atoms with Crippen LogP contribution in [0, 0.1) is 11.3 Å². The lowest BCUT2D eigenvalue weighted by Crippen LogP contribution is -2.21. The van der Waals surface area contributed by atoms with Crippen molar-refractivity contribution >= 4 is 33.0 Å². The maximum Gasteiger partial charge on any atom is 0.137 e. The van der Waals surface area contributed by atoms with Crippen molar-refractivity contribution in [1.82, 2.24) is 10.3 Å². The van der Waals surface area contributed by atoms with Crippen LogP contribution < -0.4 is 5.32 Å². The molecule has 0 bridgehead atoms. The summed E-state index contributed by atoms with van der Waals surface area (Å²) in [5, 5.41) is 13.2. The molecule has 0 fully saturated rings. The van der Waals surface area contributed by atoms with Crippen LogP contribution in [0.25, 0.3) is 15.8 Å². The topological polar surface area (TPSA) is 61.1 Å². The summed E-state index contributed by atoms with van der Waals surface area (Å²) < 4.78 is 1.08. The van der Waals surface area contributed by atoms with Gasteiger partial charge in [-0.3, -0.25) is 0 Å². The summed E-state index contributed by atoms with van der Waals surface area (Å²) in [5.41, 5.74) is 2.21. The zero-order valence-corrected chi connectivity index (χ0v) is 11.0. The van der Waals surface area contributed by atoms with E-state index in [1.807, 2.05) is 31.2 Å². The van der Waals surface area contributed by atoms with Crippen molar-refractivity contribution in [3.8, 4) is 6.07 Å². The lowest BCUT2D eigenvalue weighted by molar-refractivity contribution is 1.13. The predicted molar refractivity (Wildman–Crippen MR) is 77.5 cm³/mol. The second-order valence-corrected chi connectivity index (χ2v) is 5.07. The van der Waals surface area contributed by atoms with E-state index in [2.05, 4.69) is 21.4 Å². The third kappa shape index (κ3) is 2.14. The van der Waals surface area contributed by atoms with Crippen LogP contribution in [-0.4, -0.2) is 10.8 Å². The molecule has 0 saturated heterocycles. The molecule has 1 aromatic heterocycles. The molecule has 0 radical (unpaired) electrons. The number of fused-ring (bicyclic) bond motifs is 1. The van der Waals surface area contributed by atoms with Crippen LogP contribution in [0.15, 0.2) is 47.2 Å². The minimum Gasteiger partial charge on any atom is -0.343 e. The second-order valence-electron chi connectivity index (χ2n) is 4.04. The molecule has 1 aliphatic rings. The average molecular weight is 266 g/mol. The first kappa shape index (κ1) is 11.6. The highest BCUT2D eigenvalue weighted by molar-refractivity contribution is 7.19. The molecular formula is C14H10N4S. The number of para-hydroxylation sites is 1. The summed E-state index contributed by atoms with van der Waals surface area (Å²) >= 11 is 1.52. The molecule has 0 amide bonds. The molecule has 0 spiro atoms. The van der Waals surface area contributed by atoms with Gasteiger partial charge in [0, 0.05) is 6.20 Å². The normalized spacial score (nSPS) is 16.7. The van der Waals surface area contributed by atoms with Gasteiger partial charge in [0.05, 0.1) is 15.9 Å². The number of thiazole rings is 1. The Labute approximate surface area is 114 Å². The Bertz CT molecular complexity index is 741. The predicted octanol–water partition coefficient (Wildman–Crippen LogP) is 3.07. The summed E-state index contributed by atoms with van der Waals surface area (Å²) in [6.45, 7) is 1.86. The number of aliphatic imine (C=N–C) groups is 1. The maximum absolute atomic E-state index is 9.39. The fraction of sp³-hybridized carbons (Fsp3) is 0.0714. The minimum absolute atomic E-state index is 0.548. The van der Waals surface area contributed by atoms with Crippen LogP contribution in [0.3, 0.4) is 0 Å². The zero-order chi connectivity index (χ0) is 13.2.